The second kappa shape index (κ2) is 4.95. The molecule has 0 radical (unpaired) electrons. The van der Waals surface area contributed by atoms with Crippen molar-refractivity contribution in [1.82, 2.24) is 4.98 Å². The van der Waals surface area contributed by atoms with Crippen LogP contribution in [0.15, 0.2) is 29.6 Å². The monoisotopic (exact) mass is 338 g/mol. The number of nitrogens with two attached hydrogens (primary N) is 1. The zero-order valence-electron chi connectivity index (χ0n) is 7.11. The number of nitrogens with zero attached hydrogens (tertiary/aromatic N) is 1. The minimum absolute atomic E-state index is 0. The van der Waals surface area contributed by atoms with Gasteiger partial charge in [0.15, 0.2) is 5.13 Å². The SMILES string of the molecule is I.Nc1nc(-c2ccc(Cl)cc2)cs1. The van der Waals surface area contributed by atoms with Crippen LogP contribution >= 0.6 is 46.9 Å². The zero-order valence-corrected chi connectivity index (χ0v) is 11.0. The molecule has 0 bridgehead atoms. The van der Waals surface area contributed by atoms with Crippen molar-refractivity contribution in [2.45, 2.75) is 0 Å². The van der Waals surface area contributed by atoms with Gasteiger partial charge in [-0.05, 0) is 12.1 Å². The smallest absolute Gasteiger partial charge is 0.180 e. The van der Waals surface area contributed by atoms with Crippen LogP contribution in [0.3, 0.4) is 0 Å². The number of halogens is 2. The molecule has 2 aromatic rings. The number of hydrogen-bond acceptors (Lipinski definition) is 3. The lowest BCUT2D eigenvalue weighted by Gasteiger charge is -1.95. The summed E-state index contributed by atoms with van der Waals surface area (Å²) >= 11 is 7.20. The van der Waals surface area contributed by atoms with Crippen LogP contribution in [0.1, 0.15) is 0 Å². The number of benzene rings is 1. The Hall–Kier alpha value is -0.330. The number of rotatable bonds is 1. The van der Waals surface area contributed by atoms with Crippen molar-refractivity contribution in [2.24, 2.45) is 0 Å². The molecule has 1 aromatic heterocycles. The van der Waals surface area contributed by atoms with Crippen LogP contribution in [-0.2, 0) is 0 Å². The van der Waals surface area contributed by atoms with Gasteiger partial charge in [-0.2, -0.15) is 0 Å². The molecule has 2 N–H and O–H groups in total. The topological polar surface area (TPSA) is 38.9 Å². The highest BCUT2D eigenvalue weighted by atomic mass is 127. The molecule has 0 amide bonds. The quantitative estimate of drug-likeness (QED) is 0.806. The van der Waals surface area contributed by atoms with E-state index < -0.39 is 0 Å². The van der Waals surface area contributed by atoms with E-state index in [2.05, 4.69) is 4.98 Å². The van der Waals surface area contributed by atoms with Crippen LogP contribution in [-0.4, -0.2) is 4.98 Å². The third-order valence-corrected chi connectivity index (χ3v) is 2.59. The molecule has 2 nitrogen and oxygen atoms in total. The molecule has 0 saturated heterocycles. The molecule has 5 heteroatoms. The van der Waals surface area contributed by atoms with Crippen LogP contribution < -0.4 is 5.73 Å². The Bertz CT molecular complexity index is 413. The van der Waals surface area contributed by atoms with E-state index in [1.165, 1.54) is 11.3 Å². The van der Waals surface area contributed by atoms with Gasteiger partial charge in [-0.15, -0.1) is 35.3 Å². The Morgan fingerprint density at radius 1 is 1.21 bits per heavy atom. The Kier molecular flexibility index (Phi) is 4.15. The molecule has 14 heavy (non-hydrogen) atoms. The highest BCUT2D eigenvalue weighted by Crippen LogP contribution is 2.24. The van der Waals surface area contributed by atoms with E-state index in [4.69, 9.17) is 17.3 Å². The predicted molar refractivity (Wildman–Crippen MR) is 72.4 cm³/mol. The highest BCUT2D eigenvalue weighted by molar-refractivity contribution is 14.0. The summed E-state index contributed by atoms with van der Waals surface area (Å²) in [7, 11) is 0. The van der Waals surface area contributed by atoms with Gasteiger partial charge in [0.05, 0.1) is 5.69 Å². The largest absolute Gasteiger partial charge is 0.375 e. The average molecular weight is 339 g/mol. The Morgan fingerprint density at radius 3 is 2.36 bits per heavy atom. The van der Waals surface area contributed by atoms with Crippen molar-refractivity contribution in [3.05, 3.63) is 34.7 Å². The number of thiazole rings is 1. The fourth-order valence-electron chi connectivity index (χ4n) is 1.04. The van der Waals surface area contributed by atoms with Gasteiger partial charge in [-0.1, -0.05) is 23.7 Å². The molecular weight excluding hydrogens is 331 g/mol. The second-order valence-corrected chi connectivity index (χ2v) is 3.90. The first kappa shape index (κ1) is 11.7. The van der Waals surface area contributed by atoms with Crippen molar-refractivity contribution >= 4 is 52.0 Å². The molecule has 1 heterocycles. The van der Waals surface area contributed by atoms with Crippen molar-refractivity contribution in [2.75, 3.05) is 5.73 Å². The minimum atomic E-state index is 0. The summed E-state index contributed by atoms with van der Waals surface area (Å²) in [5, 5.41) is 3.25. The molecule has 0 atom stereocenters. The zero-order chi connectivity index (χ0) is 9.26. The number of nitrogen functional groups attached to an aromatic ring is 1. The van der Waals surface area contributed by atoms with Crippen molar-refractivity contribution in [3.63, 3.8) is 0 Å². The van der Waals surface area contributed by atoms with Gasteiger partial charge in [0, 0.05) is 16.0 Å². The van der Waals surface area contributed by atoms with Crippen LogP contribution in [0, 0.1) is 0 Å². The first-order valence-electron chi connectivity index (χ1n) is 3.72. The second-order valence-electron chi connectivity index (χ2n) is 2.58. The lowest BCUT2D eigenvalue weighted by molar-refractivity contribution is 1.41. The molecule has 2 rings (SSSR count). The fourth-order valence-corrected chi connectivity index (χ4v) is 1.74. The normalized spacial score (nSPS) is 9.50. The summed E-state index contributed by atoms with van der Waals surface area (Å²) in [6, 6.07) is 7.53. The summed E-state index contributed by atoms with van der Waals surface area (Å²) in [6.07, 6.45) is 0. The maximum atomic E-state index is 5.76. The van der Waals surface area contributed by atoms with Crippen LogP contribution in [0.2, 0.25) is 5.02 Å². The van der Waals surface area contributed by atoms with Gasteiger partial charge in [0.25, 0.3) is 0 Å². The van der Waals surface area contributed by atoms with Crippen LogP contribution in [0.25, 0.3) is 11.3 Å². The molecule has 0 fully saturated rings. The van der Waals surface area contributed by atoms with Crippen molar-refractivity contribution in [1.29, 1.82) is 0 Å². The molecule has 0 unspecified atom stereocenters. The van der Waals surface area contributed by atoms with E-state index in [1.807, 2.05) is 29.6 Å². The summed E-state index contributed by atoms with van der Waals surface area (Å²) in [5.41, 5.74) is 7.47. The van der Waals surface area contributed by atoms with E-state index in [-0.39, 0.29) is 24.0 Å². The standard InChI is InChI=1S/C9H7ClN2S.HI/c10-7-3-1-6(2-4-7)8-5-13-9(11)12-8;/h1-5H,(H2,11,12);1H. The van der Waals surface area contributed by atoms with E-state index in [1.54, 1.807) is 0 Å². The van der Waals surface area contributed by atoms with Gasteiger partial charge >= 0.3 is 0 Å². The van der Waals surface area contributed by atoms with E-state index in [0.29, 0.717) is 5.13 Å². The van der Waals surface area contributed by atoms with Gasteiger partial charge < -0.3 is 5.73 Å². The first-order valence-corrected chi connectivity index (χ1v) is 4.98. The highest BCUT2D eigenvalue weighted by Gasteiger charge is 2.01. The van der Waals surface area contributed by atoms with Crippen LogP contribution in [0.5, 0.6) is 0 Å². The summed E-state index contributed by atoms with van der Waals surface area (Å²) in [5.74, 6) is 0. The lowest BCUT2D eigenvalue weighted by atomic mass is 10.2. The molecule has 0 aliphatic heterocycles. The van der Waals surface area contributed by atoms with Gasteiger partial charge in [-0.3, -0.25) is 0 Å². The number of hydrogen-bond donors (Lipinski definition) is 1. The summed E-state index contributed by atoms with van der Waals surface area (Å²) in [4.78, 5) is 4.16. The number of anilines is 1. The van der Waals surface area contributed by atoms with E-state index in [9.17, 15) is 0 Å². The Balaban J connectivity index is 0.000000980. The summed E-state index contributed by atoms with van der Waals surface area (Å²) in [6.45, 7) is 0. The molecule has 0 spiro atoms. The molecular formula is C9H8ClIN2S. The summed E-state index contributed by atoms with van der Waals surface area (Å²) < 4.78 is 0. The van der Waals surface area contributed by atoms with Gasteiger partial charge in [-0.25, -0.2) is 4.98 Å². The van der Waals surface area contributed by atoms with E-state index >= 15 is 0 Å². The Labute approximate surface area is 108 Å². The lowest BCUT2D eigenvalue weighted by Crippen LogP contribution is -1.82. The number of aromatic nitrogens is 1. The van der Waals surface area contributed by atoms with Gasteiger partial charge in [0.2, 0.25) is 0 Å². The Morgan fingerprint density at radius 2 is 1.86 bits per heavy atom. The maximum Gasteiger partial charge on any atom is 0.180 e. The molecule has 0 aliphatic carbocycles. The van der Waals surface area contributed by atoms with Crippen LogP contribution in [0.4, 0.5) is 5.13 Å². The van der Waals surface area contributed by atoms with Crippen molar-refractivity contribution < 1.29 is 0 Å². The average Bonchev–Trinajstić information content (AvgIpc) is 2.53. The van der Waals surface area contributed by atoms with Gasteiger partial charge in [0.1, 0.15) is 0 Å². The molecule has 1 aromatic carbocycles. The third kappa shape index (κ3) is 2.59. The first-order chi connectivity index (χ1) is 6.25. The maximum absolute atomic E-state index is 5.76. The predicted octanol–water partition coefficient (Wildman–Crippen LogP) is 3.66. The third-order valence-electron chi connectivity index (χ3n) is 1.66. The molecule has 0 saturated carbocycles. The van der Waals surface area contributed by atoms with Crippen molar-refractivity contribution in [3.8, 4) is 11.3 Å². The fraction of sp³-hybridized carbons (Fsp3) is 0. The molecule has 0 aliphatic rings. The van der Waals surface area contributed by atoms with E-state index in [0.717, 1.165) is 16.3 Å². The minimum Gasteiger partial charge on any atom is -0.375 e. The molecule has 74 valence electrons.